The van der Waals surface area contributed by atoms with Crippen LogP contribution in [-0.4, -0.2) is 33.5 Å². The van der Waals surface area contributed by atoms with Crippen molar-refractivity contribution in [3.8, 4) is 0 Å². The Hall–Kier alpha value is -2.13. The van der Waals surface area contributed by atoms with Crippen LogP contribution in [0.25, 0.3) is 0 Å². The summed E-state index contributed by atoms with van der Waals surface area (Å²) in [6.07, 6.45) is -2.81. The van der Waals surface area contributed by atoms with Crippen LogP contribution < -0.4 is 0 Å². The number of carboxylic acid groups (broad SMARTS) is 1. The van der Waals surface area contributed by atoms with Crippen LogP contribution in [0.15, 0.2) is 0 Å². The summed E-state index contributed by atoms with van der Waals surface area (Å²) >= 11 is 0. The Morgan fingerprint density at radius 3 is 1.75 bits per heavy atom. The number of nitrogens with zero attached hydrogens (tertiary/aromatic N) is 2. The van der Waals surface area contributed by atoms with Crippen LogP contribution in [0.1, 0.15) is 12.8 Å². The minimum atomic E-state index is -1.22. The minimum absolute atomic E-state index is 0.186. The average Bonchev–Trinajstić information content (AvgIpc) is 2.46. The van der Waals surface area contributed by atoms with Gasteiger partial charge in [0.2, 0.25) is 0 Å². The maximum absolute atomic E-state index is 10.6. The molecule has 1 saturated carbocycles. The fourth-order valence-electron chi connectivity index (χ4n) is 1.61. The molecule has 0 spiro atoms. The van der Waals surface area contributed by atoms with Crippen LogP contribution in [0.5, 0.6) is 0 Å². The number of aliphatic carboxylic acids is 1. The first kappa shape index (κ1) is 11.9. The van der Waals surface area contributed by atoms with Gasteiger partial charge in [-0.3, -0.25) is 4.79 Å². The van der Waals surface area contributed by atoms with Crippen molar-refractivity contribution < 1.29 is 29.7 Å². The first-order valence-electron chi connectivity index (χ1n) is 4.25. The van der Waals surface area contributed by atoms with Gasteiger partial charge < -0.3 is 14.8 Å². The van der Waals surface area contributed by atoms with Crippen molar-refractivity contribution in [1.82, 2.24) is 0 Å². The Bertz CT molecular complexity index is 294. The van der Waals surface area contributed by atoms with Gasteiger partial charge in [0.05, 0.1) is 5.92 Å². The van der Waals surface area contributed by atoms with E-state index in [4.69, 9.17) is 5.11 Å². The van der Waals surface area contributed by atoms with E-state index in [0.717, 1.165) is 0 Å². The Kier molecular flexibility index (Phi) is 3.43. The summed E-state index contributed by atoms with van der Waals surface area (Å²) in [6.45, 7) is 0. The maximum Gasteiger partial charge on any atom is 0.306 e. The molecule has 0 aromatic heterocycles. The van der Waals surface area contributed by atoms with E-state index in [2.05, 4.69) is 9.68 Å². The number of carboxylic acids is 1. The number of hydrogen-bond donors (Lipinski definition) is 1. The highest BCUT2D eigenvalue weighted by molar-refractivity contribution is 5.70. The summed E-state index contributed by atoms with van der Waals surface area (Å²) in [5.41, 5.74) is 0. The molecule has 10 nitrogen and oxygen atoms in total. The lowest BCUT2D eigenvalue weighted by Gasteiger charge is -2.14. The molecule has 0 aliphatic heterocycles. The zero-order valence-electron chi connectivity index (χ0n) is 7.85. The maximum atomic E-state index is 10.6. The van der Waals surface area contributed by atoms with Crippen molar-refractivity contribution in [3.05, 3.63) is 20.2 Å². The SMILES string of the molecule is O=C(O)C1C[C@@H](O[N+](=O)[O-])[C@H](O[N+](=O)[O-])C1. The van der Waals surface area contributed by atoms with Crippen molar-refractivity contribution >= 4 is 5.97 Å². The third-order valence-corrected chi connectivity index (χ3v) is 2.24. The Balaban J connectivity index is 2.66. The lowest BCUT2D eigenvalue weighted by atomic mass is 10.1. The van der Waals surface area contributed by atoms with E-state index in [-0.39, 0.29) is 12.8 Å². The predicted octanol–water partition coefficient (Wildman–Crippen LogP) is -0.365. The van der Waals surface area contributed by atoms with E-state index in [1.54, 1.807) is 0 Å². The molecule has 0 saturated heterocycles. The minimum Gasteiger partial charge on any atom is -0.481 e. The van der Waals surface area contributed by atoms with Crippen LogP contribution in [0, 0.1) is 26.1 Å². The summed E-state index contributed by atoms with van der Waals surface area (Å²) in [7, 11) is 0. The summed E-state index contributed by atoms with van der Waals surface area (Å²) in [6, 6.07) is 0. The van der Waals surface area contributed by atoms with Gasteiger partial charge >= 0.3 is 5.97 Å². The summed E-state index contributed by atoms with van der Waals surface area (Å²) in [5, 5.41) is 26.6. The highest BCUT2D eigenvalue weighted by atomic mass is 17.0. The Labute approximate surface area is 88.0 Å². The van der Waals surface area contributed by atoms with E-state index in [9.17, 15) is 25.0 Å². The third-order valence-electron chi connectivity index (χ3n) is 2.24. The zero-order chi connectivity index (χ0) is 12.3. The molecule has 0 aromatic carbocycles. The van der Waals surface area contributed by atoms with E-state index in [1.165, 1.54) is 0 Å². The predicted molar refractivity (Wildman–Crippen MR) is 44.1 cm³/mol. The molecule has 0 radical (unpaired) electrons. The fourth-order valence-corrected chi connectivity index (χ4v) is 1.61. The van der Waals surface area contributed by atoms with Gasteiger partial charge in [-0.2, -0.15) is 0 Å². The molecule has 1 aliphatic rings. The van der Waals surface area contributed by atoms with Gasteiger partial charge in [0, 0.05) is 0 Å². The fraction of sp³-hybridized carbons (Fsp3) is 0.833. The monoisotopic (exact) mass is 236 g/mol. The highest BCUT2D eigenvalue weighted by Gasteiger charge is 2.42. The zero-order valence-corrected chi connectivity index (χ0v) is 7.85. The van der Waals surface area contributed by atoms with Crippen molar-refractivity contribution in [2.24, 2.45) is 5.92 Å². The van der Waals surface area contributed by atoms with E-state index in [0.29, 0.717) is 0 Å². The Morgan fingerprint density at radius 1 is 1.12 bits per heavy atom. The average molecular weight is 236 g/mol. The first-order chi connectivity index (χ1) is 7.40. The van der Waals surface area contributed by atoms with Crippen LogP contribution in [0.3, 0.4) is 0 Å². The quantitative estimate of drug-likeness (QED) is 0.503. The van der Waals surface area contributed by atoms with E-state index in [1.807, 2.05) is 0 Å². The Morgan fingerprint density at radius 2 is 1.50 bits per heavy atom. The van der Waals surface area contributed by atoms with Crippen LogP contribution in [-0.2, 0) is 14.5 Å². The smallest absolute Gasteiger partial charge is 0.306 e. The standard InChI is InChI=1S/C6H8N2O8/c9-6(10)3-1-4(15-7(11)12)5(2-3)16-8(13)14/h3-5H,1-2H2,(H,9,10)/t4-,5-/m1/s1. The molecular weight excluding hydrogens is 228 g/mol. The summed E-state index contributed by atoms with van der Waals surface area (Å²) in [5.74, 6) is -2.12. The lowest BCUT2D eigenvalue weighted by molar-refractivity contribution is -0.797. The second-order valence-corrected chi connectivity index (χ2v) is 3.24. The molecule has 1 aliphatic carbocycles. The number of carbonyl (C=O) groups is 1. The largest absolute Gasteiger partial charge is 0.481 e. The van der Waals surface area contributed by atoms with Gasteiger partial charge in [0.15, 0.2) is 0 Å². The number of rotatable bonds is 5. The molecule has 0 amide bonds. The molecule has 90 valence electrons. The molecule has 2 atom stereocenters. The molecule has 1 rings (SSSR count). The molecule has 10 heteroatoms. The summed E-state index contributed by atoms with van der Waals surface area (Å²) < 4.78 is 0. The van der Waals surface area contributed by atoms with Gasteiger partial charge in [-0.15, -0.1) is 20.2 Å². The number of hydrogen-bond acceptors (Lipinski definition) is 7. The van der Waals surface area contributed by atoms with Crippen molar-refractivity contribution in [2.75, 3.05) is 0 Å². The topological polar surface area (TPSA) is 142 Å². The van der Waals surface area contributed by atoms with Crippen LogP contribution >= 0.6 is 0 Å². The lowest BCUT2D eigenvalue weighted by Crippen LogP contribution is -2.30. The molecule has 0 aromatic rings. The van der Waals surface area contributed by atoms with Crippen molar-refractivity contribution in [3.63, 3.8) is 0 Å². The second kappa shape index (κ2) is 4.59. The van der Waals surface area contributed by atoms with Crippen molar-refractivity contribution in [1.29, 1.82) is 0 Å². The molecule has 16 heavy (non-hydrogen) atoms. The normalized spacial score (nSPS) is 25.0. The third kappa shape index (κ3) is 2.93. The van der Waals surface area contributed by atoms with E-state index >= 15 is 0 Å². The van der Waals surface area contributed by atoms with Crippen LogP contribution in [0.2, 0.25) is 0 Å². The molecule has 1 fully saturated rings. The molecule has 0 heterocycles. The highest BCUT2D eigenvalue weighted by Crippen LogP contribution is 2.30. The van der Waals surface area contributed by atoms with Gasteiger partial charge in [-0.1, -0.05) is 0 Å². The summed E-state index contributed by atoms with van der Waals surface area (Å²) in [4.78, 5) is 39.0. The van der Waals surface area contributed by atoms with Gasteiger partial charge in [-0.05, 0) is 12.8 Å². The van der Waals surface area contributed by atoms with Gasteiger partial charge in [0.1, 0.15) is 12.2 Å². The van der Waals surface area contributed by atoms with Crippen LogP contribution in [0.4, 0.5) is 0 Å². The first-order valence-corrected chi connectivity index (χ1v) is 4.25. The molecular formula is C6H8N2O8. The molecule has 0 bridgehead atoms. The van der Waals surface area contributed by atoms with E-state index < -0.39 is 34.3 Å². The van der Waals surface area contributed by atoms with Crippen molar-refractivity contribution in [2.45, 2.75) is 25.0 Å². The second-order valence-electron chi connectivity index (χ2n) is 3.24. The van der Waals surface area contributed by atoms with Gasteiger partial charge in [-0.25, -0.2) is 0 Å². The van der Waals surface area contributed by atoms with Gasteiger partial charge in [0.25, 0.3) is 10.2 Å². The molecule has 0 unspecified atom stereocenters. The molecule has 1 N–H and O–H groups in total.